The quantitative estimate of drug-likeness (QED) is 0.491. The van der Waals surface area contributed by atoms with Crippen molar-refractivity contribution in [2.24, 2.45) is 7.05 Å². The zero-order valence-electron chi connectivity index (χ0n) is 17.9. The number of benzene rings is 1. The Kier molecular flexibility index (Phi) is 5.24. The molecule has 1 aliphatic heterocycles. The highest BCUT2D eigenvalue weighted by Crippen LogP contribution is 2.32. The molecule has 0 radical (unpaired) electrons. The molecule has 32 heavy (non-hydrogen) atoms. The first-order valence-corrected chi connectivity index (χ1v) is 10.4. The van der Waals surface area contributed by atoms with E-state index in [-0.39, 0.29) is 5.91 Å². The summed E-state index contributed by atoms with van der Waals surface area (Å²) in [4.78, 5) is 28.2. The predicted molar refractivity (Wildman–Crippen MR) is 118 cm³/mol. The molecule has 9 nitrogen and oxygen atoms in total. The maximum Gasteiger partial charge on any atom is 0.254 e. The molecular weight excluding hydrogens is 408 g/mol. The van der Waals surface area contributed by atoms with E-state index < -0.39 is 0 Å². The van der Waals surface area contributed by atoms with Crippen molar-refractivity contribution in [1.82, 2.24) is 29.6 Å². The Bertz CT molecular complexity index is 1280. The van der Waals surface area contributed by atoms with E-state index >= 15 is 0 Å². The molecule has 0 aliphatic carbocycles. The average molecular weight is 430 g/mol. The maximum atomic E-state index is 12.9. The van der Waals surface area contributed by atoms with Gasteiger partial charge in [0.15, 0.2) is 11.5 Å². The first-order chi connectivity index (χ1) is 15.6. The first-order valence-electron chi connectivity index (χ1n) is 10.4. The number of pyridine rings is 1. The molecule has 162 valence electrons. The summed E-state index contributed by atoms with van der Waals surface area (Å²) in [6, 6.07) is 9.19. The Labute approximate surface area is 184 Å². The molecule has 1 aromatic carbocycles. The van der Waals surface area contributed by atoms with Gasteiger partial charge in [0, 0.05) is 43.7 Å². The van der Waals surface area contributed by atoms with Gasteiger partial charge in [-0.25, -0.2) is 4.98 Å². The van der Waals surface area contributed by atoms with Gasteiger partial charge in [0.25, 0.3) is 5.91 Å². The number of rotatable bonds is 4. The number of nitrogens with zero attached hydrogens (tertiary/aromatic N) is 6. The molecule has 0 unspecified atom stereocenters. The fourth-order valence-corrected chi connectivity index (χ4v) is 3.59. The van der Waals surface area contributed by atoms with Crippen LogP contribution in [0.25, 0.3) is 22.4 Å². The lowest BCUT2D eigenvalue weighted by atomic mass is 10.1. The number of ether oxygens (including phenoxy) is 2. The lowest BCUT2D eigenvalue weighted by Crippen LogP contribution is -2.40. The Balaban J connectivity index is 1.53. The summed E-state index contributed by atoms with van der Waals surface area (Å²) in [5, 5.41) is 4.99. The largest absolute Gasteiger partial charge is 0.438 e. The van der Waals surface area contributed by atoms with Crippen LogP contribution in [0, 0.1) is 6.92 Å². The minimum absolute atomic E-state index is 0.0385. The zero-order chi connectivity index (χ0) is 22.1. The van der Waals surface area contributed by atoms with Crippen molar-refractivity contribution in [3.8, 4) is 23.0 Å². The molecule has 0 bridgehead atoms. The van der Waals surface area contributed by atoms with Crippen molar-refractivity contribution in [2.45, 2.75) is 6.92 Å². The minimum atomic E-state index is -0.0385. The van der Waals surface area contributed by atoms with Gasteiger partial charge in [-0.15, -0.1) is 0 Å². The van der Waals surface area contributed by atoms with Gasteiger partial charge in [0.05, 0.1) is 19.4 Å². The summed E-state index contributed by atoms with van der Waals surface area (Å²) in [5.74, 6) is 1.39. The Hall–Kier alpha value is -3.85. The van der Waals surface area contributed by atoms with Crippen LogP contribution in [0.1, 0.15) is 15.9 Å². The van der Waals surface area contributed by atoms with Crippen molar-refractivity contribution in [3.63, 3.8) is 0 Å². The fraction of sp³-hybridized carbons (Fsp3) is 0.261. The Morgan fingerprint density at radius 1 is 1.12 bits per heavy atom. The summed E-state index contributed by atoms with van der Waals surface area (Å²) in [6.07, 6.45) is 5.08. The smallest absolute Gasteiger partial charge is 0.254 e. The molecule has 5 rings (SSSR count). The van der Waals surface area contributed by atoms with Crippen LogP contribution in [0.5, 0.6) is 11.6 Å². The number of aryl methyl sites for hydroxylation is 2. The summed E-state index contributed by atoms with van der Waals surface area (Å²) in [6.45, 7) is 4.21. The van der Waals surface area contributed by atoms with E-state index in [9.17, 15) is 4.79 Å². The second-order valence-electron chi connectivity index (χ2n) is 7.59. The van der Waals surface area contributed by atoms with Gasteiger partial charge < -0.3 is 14.4 Å². The molecule has 1 saturated heterocycles. The molecule has 1 fully saturated rings. The number of carbonyl (C=O) groups excluding carboxylic acids is 1. The van der Waals surface area contributed by atoms with Crippen LogP contribution in [-0.2, 0) is 11.8 Å². The molecule has 0 N–H and O–H groups in total. The average Bonchev–Trinajstić information content (AvgIpc) is 3.22. The van der Waals surface area contributed by atoms with E-state index in [1.54, 1.807) is 34.2 Å². The lowest BCUT2D eigenvalue weighted by Gasteiger charge is -2.27. The third-order valence-electron chi connectivity index (χ3n) is 5.42. The number of hydrogen-bond acceptors (Lipinski definition) is 7. The standard InChI is InChI=1S/C23H22N6O3/c1-15-5-6-16(23(30)29-8-10-31-11-9-29)12-19(15)32-22-18-14-25-28(2)21(18)26-20(27-22)17-4-3-7-24-13-17/h3-7,12-14H,8-11H2,1-2H3. The van der Waals surface area contributed by atoms with Crippen LogP contribution in [-0.4, -0.2) is 61.8 Å². The zero-order valence-corrected chi connectivity index (χ0v) is 17.9. The van der Waals surface area contributed by atoms with Crippen LogP contribution in [0.3, 0.4) is 0 Å². The van der Waals surface area contributed by atoms with Crippen molar-refractivity contribution >= 4 is 16.9 Å². The highest BCUT2D eigenvalue weighted by Gasteiger charge is 2.21. The first kappa shape index (κ1) is 20.1. The van der Waals surface area contributed by atoms with E-state index in [4.69, 9.17) is 9.47 Å². The predicted octanol–water partition coefficient (Wildman–Crippen LogP) is 3.00. The summed E-state index contributed by atoms with van der Waals surface area (Å²) in [7, 11) is 1.82. The van der Waals surface area contributed by atoms with Gasteiger partial charge >= 0.3 is 0 Å². The Morgan fingerprint density at radius 3 is 2.75 bits per heavy atom. The maximum absolute atomic E-state index is 12.9. The van der Waals surface area contributed by atoms with Crippen molar-refractivity contribution in [3.05, 3.63) is 60.0 Å². The summed E-state index contributed by atoms with van der Waals surface area (Å²) in [5.41, 5.74) is 2.87. The molecule has 9 heteroatoms. The number of aromatic nitrogens is 5. The van der Waals surface area contributed by atoms with Gasteiger partial charge in [-0.1, -0.05) is 6.07 Å². The van der Waals surface area contributed by atoms with Crippen molar-refractivity contribution in [1.29, 1.82) is 0 Å². The normalized spacial score (nSPS) is 14.0. The van der Waals surface area contributed by atoms with E-state index in [1.807, 2.05) is 38.2 Å². The summed E-state index contributed by atoms with van der Waals surface area (Å²) < 4.78 is 13.3. The van der Waals surface area contributed by atoms with Gasteiger partial charge in [-0.3, -0.25) is 14.5 Å². The van der Waals surface area contributed by atoms with E-state index in [0.29, 0.717) is 60.4 Å². The highest BCUT2D eigenvalue weighted by molar-refractivity contribution is 5.95. The Morgan fingerprint density at radius 2 is 1.97 bits per heavy atom. The SMILES string of the molecule is Cc1ccc(C(=O)N2CCOCC2)cc1Oc1nc(-c2cccnc2)nc2c1cnn2C. The third kappa shape index (κ3) is 3.78. The van der Waals surface area contributed by atoms with E-state index in [1.165, 1.54) is 0 Å². The van der Waals surface area contributed by atoms with E-state index in [0.717, 1.165) is 11.1 Å². The molecule has 0 saturated carbocycles. The van der Waals surface area contributed by atoms with E-state index in [2.05, 4.69) is 20.1 Å². The monoisotopic (exact) mass is 430 g/mol. The lowest BCUT2D eigenvalue weighted by molar-refractivity contribution is 0.0302. The van der Waals surface area contributed by atoms with Gasteiger partial charge in [0.2, 0.25) is 5.88 Å². The molecule has 4 heterocycles. The number of hydrogen-bond donors (Lipinski definition) is 0. The summed E-state index contributed by atoms with van der Waals surface area (Å²) >= 11 is 0. The topological polar surface area (TPSA) is 95.3 Å². The van der Waals surface area contributed by atoms with Crippen molar-refractivity contribution in [2.75, 3.05) is 26.3 Å². The van der Waals surface area contributed by atoms with Crippen LogP contribution in [0.15, 0.2) is 48.9 Å². The molecule has 0 spiro atoms. The van der Waals surface area contributed by atoms with Crippen LogP contribution < -0.4 is 4.74 Å². The molecular formula is C23H22N6O3. The third-order valence-corrected chi connectivity index (χ3v) is 5.42. The second kappa shape index (κ2) is 8.35. The number of amides is 1. The molecule has 3 aromatic heterocycles. The van der Waals surface area contributed by atoms with Crippen LogP contribution >= 0.6 is 0 Å². The number of fused-ring (bicyclic) bond motifs is 1. The molecule has 1 aliphatic rings. The second-order valence-corrected chi connectivity index (χ2v) is 7.59. The van der Waals surface area contributed by atoms with Crippen LogP contribution in [0.2, 0.25) is 0 Å². The van der Waals surface area contributed by atoms with Gasteiger partial charge in [-0.2, -0.15) is 10.1 Å². The highest BCUT2D eigenvalue weighted by atomic mass is 16.5. The van der Waals surface area contributed by atoms with Crippen molar-refractivity contribution < 1.29 is 14.3 Å². The fourth-order valence-electron chi connectivity index (χ4n) is 3.59. The number of carbonyl (C=O) groups is 1. The van der Waals surface area contributed by atoms with Gasteiger partial charge in [0.1, 0.15) is 11.1 Å². The minimum Gasteiger partial charge on any atom is -0.438 e. The molecule has 1 amide bonds. The van der Waals surface area contributed by atoms with Crippen LogP contribution in [0.4, 0.5) is 0 Å². The molecule has 4 aromatic rings. The van der Waals surface area contributed by atoms with Gasteiger partial charge in [-0.05, 0) is 36.8 Å². The number of morpholine rings is 1. The molecule has 0 atom stereocenters.